The van der Waals surface area contributed by atoms with Crippen LogP contribution in [0.5, 0.6) is 0 Å². The van der Waals surface area contributed by atoms with Gasteiger partial charge in [0.15, 0.2) is 19.7 Å². The van der Waals surface area contributed by atoms with E-state index >= 15 is 0 Å². The molecule has 1 fully saturated rings. The summed E-state index contributed by atoms with van der Waals surface area (Å²) in [5.74, 6) is -1.64. The monoisotopic (exact) mass is 447 g/mol. The average Bonchev–Trinajstić information content (AvgIpc) is 3.02. The number of halogens is 3. The maximum atomic E-state index is 13.1. The normalized spacial score (nSPS) is 19.1. The van der Waals surface area contributed by atoms with Crippen LogP contribution >= 0.6 is 0 Å². The van der Waals surface area contributed by atoms with E-state index in [1.165, 1.54) is 30.3 Å². The Morgan fingerprint density at radius 1 is 1.07 bits per heavy atom. The van der Waals surface area contributed by atoms with E-state index in [4.69, 9.17) is 0 Å². The van der Waals surface area contributed by atoms with Crippen LogP contribution in [0.3, 0.4) is 0 Å². The molecule has 3 rings (SSSR count). The molecule has 0 aliphatic carbocycles. The molecule has 1 heterocycles. The van der Waals surface area contributed by atoms with E-state index in [1.54, 1.807) is 0 Å². The van der Waals surface area contributed by atoms with Crippen molar-refractivity contribution in [3.63, 3.8) is 0 Å². The van der Waals surface area contributed by atoms with Gasteiger partial charge in [-0.05, 0) is 36.8 Å². The van der Waals surface area contributed by atoms with Crippen molar-refractivity contribution in [2.45, 2.75) is 22.7 Å². The zero-order valence-electron chi connectivity index (χ0n) is 14.8. The van der Waals surface area contributed by atoms with Crippen molar-refractivity contribution in [2.24, 2.45) is 0 Å². The second-order valence-corrected chi connectivity index (χ2v) is 11.1. The van der Waals surface area contributed by atoms with Crippen molar-refractivity contribution < 1.29 is 34.8 Å². The van der Waals surface area contributed by atoms with Crippen molar-refractivity contribution in [3.8, 4) is 0 Å². The predicted octanol–water partition coefficient (Wildman–Crippen LogP) is 2.92. The van der Waals surface area contributed by atoms with Gasteiger partial charge in [-0.3, -0.25) is 4.79 Å². The van der Waals surface area contributed by atoms with Crippen LogP contribution < -0.4 is 5.32 Å². The number of hydrogen-bond donors (Lipinski definition) is 1. The molecule has 0 spiro atoms. The first-order valence-electron chi connectivity index (χ1n) is 8.42. The van der Waals surface area contributed by atoms with Crippen LogP contribution in [0.4, 0.5) is 18.9 Å². The first-order valence-corrected chi connectivity index (χ1v) is 11.8. The van der Waals surface area contributed by atoms with Crippen molar-refractivity contribution in [1.82, 2.24) is 0 Å². The number of alkyl halides is 3. The predicted molar refractivity (Wildman–Crippen MR) is 100 cm³/mol. The first-order chi connectivity index (χ1) is 13.4. The van der Waals surface area contributed by atoms with Gasteiger partial charge < -0.3 is 5.32 Å². The van der Waals surface area contributed by atoms with E-state index in [0.29, 0.717) is 0 Å². The molecule has 29 heavy (non-hydrogen) atoms. The fourth-order valence-corrected chi connectivity index (χ4v) is 7.45. The van der Waals surface area contributed by atoms with Crippen LogP contribution in [0.15, 0.2) is 53.4 Å². The summed E-state index contributed by atoms with van der Waals surface area (Å²) in [6.45, 7) is 0. The summed E-state index contributed by atoms with van der Waals surface area (Å²) in [6, 6.07) is 9.21. The van der Waals surface area contributed by atoms with Crippen molar-refractivity contribution in [1.29, 1.82) is 0 Å². The molecule has 1 atom stereocenters. The third-order valence-corrected chi connectivity index (χ3v) is 8.70. The molecule has 1 amide bonds. The summed E-state index contributed by atoms with van der Waals surface area (Å²) in [5, 5.41) is 1.03. The van der Waals surface area contributed by atoms with E-state index in [2.05, 4.69) is 5.32 Å². The summed E-state index contributed by atoms with van der Waals surface area (Å²) >= 11 is 0. The summed E-state index contributed by atoms with van der Waals surface area (Å²) < 4.78 is 87.8. The fraction of sp³-hybridized carbons (Fsp3) is 0.278. The minimum Gasteiger partial charge on any atom is -0.321 e. The Morgan fingerprint density at radius 2 is 1.76 bits per heavy atom. The Kier molecular flexibility index (Phi) is 5.48. The minimum atomic E-state index is -4.68. The number of sulfone groups is 2. The molecule has 11 heteroatoms. The van der Waals surface area contributed by atoms with Gasteiger partial charge in [-0.2, -0.15) is 13.2 Å². The molecule has 0 aromatic heterocycles. The highest BCUT2D eigenvalue weighted by molar-refractivity contribution is 7.96. The molecule has 0 radical (unpaired) electrons. The highest BCUT2D eigenvalue weighted by Gasteiger charge is 2.38. The van der Waals surface area contributed by atoms with Gasteiger partial charge in [0.2, 0.25) is 0 Å². The molecule has 1 unspecified atom stereocenters. The molecule has 1 saturated heterocycles. The molecule has 1 aliphatic heterocycles. The van der Waals surface area contributed by atoms with Gasteiger partial charge in [-0.1, -0.05) is 18.2 Å². The Balaban J connectivity index is 1.88. The second kappa shape index (κ2) is 7.45. The lowest BCUT2D eigenvalue weighted by molar-refractivity contribution is -0.136. The largest absolute Gasteiger partial charge is 0.418 e. The summed E-state index contributed by atoms with van der Waals surface area (Å²) in [6.07, 6.45) is -4.72. The van der Waals surface area contributed by atoms with Crippen LogP contribution in [-0.2, 0) is 25.9 Å². The van der Waals surface area contributed by atoms with Crippen molar-refractivity contribution in [2.75, 3.05) is 16.8 Å². The molecule has 1 aliphatic rings. The van der Waals surface area contributed by atoms with E-state index in [-0.39, 0.29) is 22.6 Å². The number of benzene rings is 2. The molecule has 2 aromatic rings. The molecule has 2 aromatic carbocycles. The minimum absolute atomic E-state index is 0.0416. The highest BCUT2D eigenvalue weighted by Crippen LogP contribution is 2.35. The van der Waals surface area contributed by atoms with Crippen LogP contribution in [0.25, 0.3) is 0 Å². The number of hydrogen-bond acceptors (Lipinski definition) is 5. The number of amides is 1. The van der Waals surface area contributed by atoms with Crippen LogP contribution in [0.1, 0.15) is 22.3 Å². The number of nitrogens with one attached hydrogen (secondary N) is 1. The SMILES string of the molecule is O=C(Nc1ccccc1C(F)(F)F)c1cccc(S(=O)(=O)C2CCS(=O)(=O)C2)c1. The van der Waals surface area contributed by atoms with Gasteiger partial charge >= 0.3 is 6.18 Å². The maximum absolute atomic E-state index is 13.1. The molecular formula is C18H16F3NO5S2. The Morgan fingerprint density at radius 3 is 2.38 bits per heavy atom. The smallest absolute Gasteiger partial charge is 0.321 e. The third-order valence-electron chi connectivity index (χ3n) is 4.53. The summed E-state index contributed by atoms with van der Waals surface area (Å²) in [4.78, 5) is 12.2. The Hall–Kier alpha value is -2.40. The lowest BCUT2D eigenvalue weighted by Gasteiger charge is -2.14. The highest BCUT2D eigenvalue weighted by atomic mass is 32.2. The molecule has 156 valence electrons. The average molecular weight is 447 g/mol. The van der Waals surface area contributed by atoms with Gasteiger partial charge in [0.05, 0.1) is 32.9 Å². The first kappa shape index (κ1) is 21.3. The Labute approximate surface area is 165 Å². The van der Waals surface area contributed by atoms with Gasteiger partial charge in [-0.25, -0.2) is 16.8 Å². The lowest BCUT2D eigenvalue weighted by atomic mass is 10.1. The van der Waals surface area contributed by atoms with E-state index in [0.717, 1.165) is 18.2 Å². The number of anilines is 1. The fourth-order valence-electron chi connectivity index (χ4n) is 3.05. The van der Waals surface area contributed by atoms with E-state index < -0.39 is 54.0 Å². The standard InChI is InChI=1S/C18H16F3NO5S2/c19-18(20,21)15-6-1-2-7-16(15)22-17(23)12-4-3-5-13(10-12)29(26,27)14-8-9-28(24,25)11-14/h1-7,10,14H,8-9,11H2,(H,22,23). The molecular weight excluding hydrogens is 431 g/mol. The zero-order chi connectivity index (χ0) is 21.4. The van der Waals surface area contributed by atoms with Gasteiger partial charge in [0.1, 0.15) is 0 Å². The number of para-hydroxylation sites is 1. The van der Waals surface area contributed by atoms with Gasteiger partial charge in [-0.15, -0.1) is 0 Å². The van der Waals surface area contributed by atoms with Gasteiger partial charge in [0.25, 0.3) is 5.91 Å². The summed E-state index contributed by atoms with van der Waals surface area (Å²) in [5.41, 5.74) is -1.66. The quantitative estimate of drug-likeness (QED) is 0.777. The zero-order valence-corrected chi connectivity index (χ0v) is 16.4. The number of rotatable bonds is 4. The van der Waals surface area contributed by atoms with Gasteiger partial charge in [0, 0.05) is 5.56 Å². The molecule has 6 nitrogen and oxygen atoms in total. The summed E-state index contributed by atoms with van der Waals surface area (Å²) in [7, 11) is -7.45. The topological polar surface area (TPSA) is 97.4 Å². The van der Waals surface area contributed by atoms with Crippen molar-refractivity contribution >= 4 is 31.3 Å². The number of carbonyl (C=O) groups excluding carboxylic acids is 1. The molecule has 0 bridgehead atoms. The third kappa shape index (κ3) is 4.61. The Bertz CT molecular complexity index is 1160. The van der Waals surface area contributed by atoms with Crippen LogP contribution in [-0.4, -0.2) is 39.5 Å². The molecule has 0 saturated carbocycles. The maximum Gasteiger partial charge on any atom is 0.418 e. The van der Waals surface area contributed by atoms with E-state index in [9.17, 15) is 34.8 Å². The number of carbonyl (C=O) groups is 1. The van der Waals surface area contributed by atoms with Crippen LogP contribution in [0, 0.1) is 0 Å². The lowest BCUT2D eigenvalue weighted by Crippen LogP contribution is -2.23. The second-order valence-electron chi connectivity index (χ2n) is 6.60. The van der Waals surface area contributed by atoms with Crippen LogP contribution in [0.2, 0.25) is 0 Å². The molecule has 1 N–H and O–H groups in total. The van der Waals surface area contributed by atoms with E-state index in [1.807, 2.05) is 0 Å². The van der Waals surface area contributed by atoms with Crippen molar-refractivity contribution in [3.05, 3.63) is 59.7 Å².